The molecule has 0 atom stereocenters. The van der Waals surface area contributed by atoms with Gasteiger partial charge in [-0.3, -0.25) is 4.90 Å². The van der Waals surface area contributed by atoms with Crippen LogP contribution in [0.2, 0.25) is 0 Å². The Morgan fingerprint density at radius 2 is 2.27 bits per heavy atom. The number of nitriles is 1. The van der Waals surface area contributed by atoms with Gasteiger partial charge in [-0.15, -0.1) is 11.3 Å². The second-order valence-electron chi connectivity index (χ2n) is 3.41. The Labute approximate surface area is 92.6 Å². The van der Waals surface area contributed by atoms with E-state index in [0.717, 1.165) is 17.1 Å². The quantitative estimate of drug-likeness (QED) is 0.740. The lowest BCUT2D eigenvalue weighted by molar-refractivity contribution is 0.367. The Kier molecular flexibility index (Phi) is 2.95. The monoisotopic (exact) mass is 217 g/mol. The molecule has 15 heavy (non-hydrogen) atoms. The van der Waals surface area contributed by atoms with Crippen molar-refractivity contribution in [1.82, 2.24) is 9.88 Å². The zero-order valence-corrected chi connectivity index (χ0v) is 9.29. The fraction of sp³-hybridized carbons (Fsp3) is 0.273. The van der Waals surface area contributed by atoms with Gasteiger partial charge >= 0.3 is 0 Å². The van der Waals surface area contributed by atoms with Crippen LogP contribution in [-0.2, 0) is 6.54 Å². The summed E-state index contributed by atoms with van der Waals surface area (Å²) in [5.41, 5.74) is 1.04. The zero-order valence-electron chi connectivity index (χ0n) is 8.47. The van der Waals surface area contributed by atoms with E-state index >= 15 is 0 Å². The number of fused-ring (bicyclic) bond motifs is 1. The molecule has 0 aliphatic heterocycles. The van der Waals surface area contributed by atoms with Gasteiger partial charge in [-0.1, -0.05) is 12.1 Å². The molecule has 4 heteroatoms. The van der Waals surface area contributed by atoms with Gasteiger partial charge in [-0.25, -0.2) is 4.98 Å². The van der Waals surface area contributed by atoms with Crippen LogP contribution in [0.15, 0.2) is 24.3 Å². The first-order valence-corrected chi connectivity index (χ1v) is 5.51. The molecular weight excluding hydrogens is 206 g/mol. The lowest BCUT2D eigenvalue weighted by Gasteiger charge is -2.08. The Hall–Kier alpha value is -1.44. The summed E-state index contributed by atoms with van der Waals surface area (Å²) in [6, 6.07) is 10.2. The topological polar surface area (TPSA) is 39.9 Å². The van der Waals surface area contributed by atoms with Crippen molar-refractivity contribution in [2.24, 2.45) is 0 Å². The predicted octanol–water partition coefficient (Wildman–Crippen LogP) is 2.25. The first kappa shape index (κ1) is 10.1. The second-order valence-corrected chi connectivity index (χ2v) is 4.52. The molecule has 2 rings (SSSR count). The molecule has 76 valence electrons. The van der Waals surface area contributed by atoms with Crippen LogP contribution in [0.25, 0.3) is 10.2 Å². The molecule has 0 N–H and O–H groups in total. The van der Waals surface area contributed by atoms with Gasteiger partial charge in [0.25, 0.3) is 0 Å². The van der Waals surface area contributed by atoms with Crippen molar-refractivity contribution in [3.8, 4) is 6.07 Å². The molecule has 0 bridgehead atoms. The van der Waals surface area contributed by atoms with Crippen molar-refractivity contribution < 1.29 is 0 Å². The van der Waals surface area contributed by atoms with Crippen LogP contribution in [0.3, 0.4) is 0 Å². The van der Waals surface area contributed by atoms with Crippen LogP contribution in [0.4, 0.5) is 0 Å². The SMILES string of the molecule is CN(CC#N)Cc1nc2ccccc2s1. The maximum absolute atomic E-state index is 8.55. The van der Waals surface area contributed by atoms with Crippen LogP contribution in [-0.4, -0.2) is 23.5 Å². The molecule has 0 aliphatic rings. The van der Waals surface area contributed by atoms with Crippen LogP contribution < -0.4 is 0 Å². The summed E-state index contributed by atoms with van der Waals surface area (Å²) >= 11 is 1.69. The number of hydrogen-bond donors (Lipinski definition) is 0. The molecule has 0 amide bonds. The highest BCUT2D eigenvalue weighted by atomic mass is 32.1. The van der Waals surface area contributed by atoms with Gasteiger partial charge in [0.1, 0.15) is 5.01 Å². The Morgan fingerprint density at radius 1 is 1.47 bits per heavy atom. The van der Waals surface area contributed by atoms with E-state index in [1.54, 1.807) is 11.3 Å². The van der Waals surface area contributed by atoms with Crippen LogP contribution in [0, 0.1) is 11.3 Å². The normalized spacial score (nSPS) is 10.7. The standard InChI is InChI=1S/C11H11N3S/c1-14(7-6-12)8-11-13-9-4-2-3-5-10(9)15-11/h2-5H,7-8H2,1H3. The molecule has 0 saturated heterocycles. The minimum atomic E-state index is 0.440. The van der Waals surface area contributed by atoms with E-state index in [0.29, 0.717) is 6.54 Å². The van der Waals surface area contributed by atoms with E-state index in [1.165, 1.54) is 4.70 Å². The Bertz CT molecular complexity index is 465. The molecule has 0 spiro atoms. The highest BCUT2D eigenvalue weighted by molar-refractivity contribution is 7.18. The number of thiazole rings is 1. The first-order chi connectivity index (χ1) is 7.29. The van der Waals surface area contributed by atoms with Gasteiger partial charge in [0, 0.05) is 0 Å². The highest BCUT2D eigenvalue weighted by Crippen LogP contribution is 2.22. The van der Waals surface area contributed by atoms with E-state index in [2.05, 4.69) is 17.1 Å². The fourth-order valence-electron chi connectivity index (χ4n) is 1.40. The average molecular weight is 217 g/mol. The highest BCUT2D eigenvalue weighted by Gasteiger charge is 2.05. The summed E-state index contributed by atoms with van der Waals surface area (Å²) in [6.45, 7) is 1.18. The minimum Gasteiger partial charge on any atom is -0.287 e. The molecule has 0 unspecified atom stereocenters. The maximum atomic E-state index is 8.55. The number of aromatic nitrogens is 1. The first-order valence-electron chi connectivity index (χ1n) is 4.69. The number of benzene rings is 1. The average Bonchev–Trinajstić information content (AvgIpc) is 2.59. The van der Waals surface area contributed by atoms with Crippen molar-refractivity contribution in [3.05, 3.63) is 29.3 Å². The van der Waals surface area contributed by atoms with Gasteiger partial charge in [-0.05, 0) is 19.2 Å². The fourth-order valence-corrected chi connectivity index (χ4v) is 2.44. The van der Waals surface area contributed by atoms with Gasteiger partial charge in [0.05, 0.1) is 29.4 Å². The largest absolute Gasteiger partial charge is 0.287 e. The van der Waals surface area contributed by atoms with Gasteiger partial charge < -0.3 is 0 Å². The van der Waals surface area contributed by atoms with Crippen molar-refractivity contribution in [3.63, 3.8) is 0 Å². The van der Waals surface area contributed by atoms with E-state index in [-0.39, 0.29) is 0 Å². The molecular formula is C11H11N3S. The van der Waals surface area contributed by atoms with Gasteiger partial charge in [0.2, 0.25) is 0 Å². The molecule has 0 radical (unpaired) electrons. The Morgan fingerprint density at radius 3 is 3.00 bits per heavy atom. The summed E-state index contributed by atoms with van der Waals surface area (Å²) in [4.78, 5) is 6.46. The zero-order chi connectivity index (χ0) is 10.7. The van der Waals surface area contributed by atoms with Crippen molar-refractivity contribution >= 4 is 21.6 Å². The number of nitrogens with zero attached hydrogens (tertiary/aromatic N) is 3. The Balaban J connectivity index is 2.19. The summed E-state index contributed by atoms with van der Waals surface area (Å²) in [5.74, 6) is 0. The van der Waals surface area contributed by atoms with Gasteiger partial charge in [-0.2, -0.15) is 5.26 Å². The van der Waals surface area contributed by atoms with E-state index < -0.39 is 0 Å². The summed E-state index contributed by atoms with van der Waals surface area (Å²) < 4.78 is 1.21. The molecule has 2 aromatic rings. The van der Waals surface area contributed by atoms with Crippen LogP contribution >= 0.6 is 11.3 Å². The lowest BCUT2D eigenvalue weighted by Crippen LogP contribution is -2.17. The predicted molar refractivity (Wildman–Crippen MR) is 61.6 cm³/mol. The van der Waals surface area contributed by atoms with Crippen molar-refractivity contribution in [2.45, 2.75) is 6.54 Å². The molecule has 0 aliphatic carbocycles. The number of rotatable bonds is 3. The van der Waals surface area contributed by atoms with Gasteiger partial charge in [0.15, 0.2) is 0 Å². The van der Waals surface area contributed by atoms with E-state index in [1.807, 2.05) is 30.1 Å². The van der Waals surface area contributed by atoms with E-state index in [9.17, 15) is 0 Å². The molecule has 1 heterocycles. The van der Waals surface area contributed by atoms with E-state index in [4.69, 9.17) is 5.26 Å². The molecule has 0 fully saturated rings. The van der Waals surface area contributed by atoms with Crippen molar-refractivity contribution in [2.75, 3.05) is 13.6 Å². The van der Waals surface area contributed by atoms with Crippen LogP contribution in [0.1, 0.15) is 5.01 Å². The third-order valence-corrected chi connectivity index (χ3v) is 3.11. The summed E-state index contributed by atoms with van der Waals surface area (Å²) in [7, 11) is 1.93. The number of para-hydroxylation sites is 1. The smallest absolute Gasteiger partial charge is 0.108 e. The minimum absolute atomic E-state index is 0.440. The third kappa shape index (κ3) is 2.32. The summed E-state index contributed by atoms with van der Waals surface area (Å²) in [6.07, 6.45) is 0. The molecule has 1 aromatic heterocycles. The lowest BCUT2D eigenvalue weighted by atomic mass is 10.3. The van der Waals surface area contributed by atoms with Crippen LogP contribution in [0.5, 0.6) is 0 Å². The molecule has 0 saturated carbocycles. The van der Waals surface area contributed by atoms with Crippen molar-refractivity contribution in [1.29, 1.82) is 5.26 Å². The molecule has 1 aromatic carbocycles. The maximum Gasteiger partial charge on any atom is 0.108 e. The number of hydrogen-bond acceptors (Lipinski definition) is 4. The molecule has 3 nitrogen and oxygen atoms in total. The summed E-state index contributed by atoms with van der Waals surface area (Å²) in [5, 5.41) is 9.61. The third-order valence-electron chi connectivity index (χ3n) is 2.08. The second kappa shape index (κ2) is 4.39.